The number of phenols is 1. The lowest BCUT2D eigenvalue weighted by Crippen LogP contribution is -2.20. The van der Waals surface area contributed by atoms with Gasteiger partial charge in [0.05, 0.1) is 0 Å². The van der Waals surface area contributed by atoms with E-state index in [0.29, 0.717) is 5.75 Å². The topological polar surface area (TPSA) is 32.7 Å². The first kappa shape index (κ1) is 18.8. The van der Waals surface area contributed by atoms with Gasteiger partial charge in [0.25, 0.3) is 0 Å². The molecule has 0 spiro atoms. The number of aryl methyl sites for hydroxylation is 1. The first-order chi connectivity index (χ1) is 15.6. The molecule has 2 heterocycles. The smallest absolute Gasteiger partial charge is 0.137 e. The Kier molecular flexibility index (Phi) is 4.12. The molecular formula is C29H23NO2. The van der Waals surface area contributed by atoms with Crippen molar-refractivity contribution in [2.45, 2.75) is 13.3 Å². The molecule has 1 N–H and O–H groups in total. The molecule has 4 aromatic carbocycles. The number of aromatic hydroxyl groups is 1. The van der Waals surface area contributed by atoms with Gasteiger partial charge in [-0.3, -0.25) is 0 Å². The van der Waals surface area contributed by atoms with E-state index < -0.39 is 0 Å². The van der Waals surface area contributed by atoms with Crippen LogP contribution in [0.3, 0.4) is 0 Å². The number of nitrogens with zero attached hydrogens (tertiary/aromatic N) is 1. The van der Waals surface area contributed by atoms with Gasteiger partial charge in [0, 0.05) is 40.3 Å². The summed E-state index contributed by atoms with van der Waals surface area (Å²) >= 11 is 0. The fourth-order valence-corrected chi connectivity index (χ4v) is 4.89. The number of rotatable bonds is 2. The van der Waals surface area contributed by atoms with E-state index in [4.69, 9.17) is 4.74 Å². The van der Waals surface area contributed by atoms with E-state index in [1.165, 1.54) is 22.3 Å². The molecule has 0 aliphatic carbocycles. The van der Waals surface area contributed by atoms with Gasteiger partial charge in [-0.15, -0.1) is 0 Å². The summed E-state index contributed by atoms with van der Waals surface area (Å²) in [5, 5.41) is 11.9. The van der Waals surface area contributed by atoms with Crippen molar-refractivity contribution >= 4 is 23.5 Å². The molecule has 0 amide bonds. The highest BCUT2D eigenvalue weighted by Crippen LogP contribution is 2.42. The maximum absolute atomic E-state index is 9.84. The van der Waals surface area contributed by atoms with Crippen LogP contribution in [-0.4, -0.2) is 11.7 Å². The predicted molar refractivity (Wildman–Crippen MR) is 129 cm³/mol. The number of hydrogen-bond donors (Lipinski definition) is 1. The molecule has 2 aliphatic heterocycles. The van der Waals surface area contributed by atoms with Gasteiger partial charge < -0.3 is 14.7 Å². The summed E-state index contributed by atoms with van der Waals surface area (Å²) < 4.78 is 6.43. The largest absolute Gasteiger partial charge is 0.508 e. The molecule has 32 heavy (non-hydrogen) atoms. The monoisotopic (exact) mass is 417 g/mol. The fourth-order valence-electron chi connectivity index (χ4n) is 4.89. The third-order valence-corrected chi connectivity index (χ3v) is 6.45. The van der Waals surface area contributed by atoms with Crippen LogP contribution in [-0.2, 0) is 6.42 Å². The van der Waals surface area contributed by atoms with Gasteiger partial charge in [0.15, 0.2) is 0 Å². The Labute approximate surface area is 187 Å². The van der Waals surface area contributed by atoms with Crippen molar-refractivity contribution in [2.24, 2.45) is 0 Å². The molecule has 0 unspecified atom stereocenters. The zero-order valence-corrected chi connectivity index (χ0v) is 17.9. The van der Waals surface area contributed by atoms with Gasteiger partial charge in [-0.1, -0.05) is 43.0 Å². The van der Waals surface area contributed by atoms with Crippen LogP contribution >= 0.6 is 0 Å². The standard InChI is InChI=1S/C29H23NO2/c1-18-7-10-24-27(15-18)32-28-17-21(30-14-13-20-16-22(31)9-12-26(20)30)8-11-25(28)29(24)23-6-4-3-5-19(23)2/h3-12,15-17,31H,1,13-14H2,2H3. The van der Waals surface area contributed by atoms with E-state index >= 15 is 0 Å². The van der Waals surface area contributed by atoms with Crippen LogP contribution in [0.5, 0.6) is 17.2 Å². The molecule has 4 aromatic rings. The number of benzene rings is 4. The van der Waals surface area contributed by atoms with E-state index in [0.717, 1.165) is 51.8 Å². The molecule has 0 bridgehead atoms. The minimum Gasteiger partial charge on any atom is -0.508 e. The summed E-state index contributed by atoms with van der Waals surface area (Å²) in [7, 11) is 0. The normalized spacial score (nSPS) is 13.9. The van der Waals surface area contributed by atoms with Crippen LogP contribution in [0.4, 0.5) is 11.4 Å². The van der Waals surface area contributed by atoms with Crippen molar-refractivity contribution in [3.8, 4) is 17.2 Å². The molecule has 3 nitrogen and oxygen atoms in total. The number of ether oxygens (including phenoxy) is 1. The van der Waals surface area contributed by atoms with Crippen molar-refractivity contribution in [2.75, 3.05) is 11.4 Å². The SMILES string of the molecule is C=c1ccc2c(c1)Oc1cc(N3CCc4cc(O)ccc43)ccc1C=2c1ccccc1C. The van der Waals surface area contributed by atoms with Gasteiger partial charge in [0.1, 0.15) is 17.2 Å². The molecule has 0 radical (unpaired) electrons. The highest BCUT2D eigenvalue weighted by atomic mass is 16.5. The minimum absolute atomic E-state index is 0.317. The summed E-state index contributed by atoms with van der Waals surface area (Å²) in [5.41, 5.74) is 8.13. The van der Waals surface area contributed by atoms with Gasteiger partial charge in [-0.05, 0) is 71.7 Å². The molecule has 0 fully saturated rings. The van der Waals surface area contributed by atoms with Crippen LogP contribution in [0.15, 0.2) is 78.9 Å². The lowest BCUT2D eigenvalue weighted by atomic mass is 9.90. The maximum atomic E-state index is 9.84. The highest BCUT2D eigenvalue weighted by Gasteiger charge is 2.25. The second kappa shape index (κ2) is 7.03. The number of fused-ring (bicyclic) bond motifs is 3. The number of hydrogen-bond acceptors (Lipinski definition) is 3. The van der Waals surface area contributed by atoms with Gasteiger partial charge in [-0.2, -0.15) is 0 Å². The third kappa shape index (κ3) is 2.89. The maximum Gasteiger partial charge on any atom is 0.137 e. The van der Waals surface area contributed by atoms with Crippen molar-refractivity contribution in [1.29, 1.82) is 0 Å². The molecule has 0 aromatic heterocycles. The molecule has 156 valence electrons. The Bertz CT molecular complexity index is 1500. The lowest BCUT2D eigenvalue weighted by molar-refractivity contribution is 0.472. The Balaban J connectivity index is 1.54. The Morgan fingerprint density at radius 2 is 1.75 bits per heavy atom. The lowest BCUT2D eigenvalue weighted by Gasteiger charge is -2.25. The first-order valence-corrected chi connectivity index (χ1v) is 10.9. The van der Waals surface area contributed by atoms with Crippen LogP contribution in [0, 0.1) is 6.92 Å². The Morgan fingerprint density at radius 1 is 0.875 bits per heavy atom. The second-order valence-electron chi connectivity index (χ2n) is 8.52. The van der Waals surface area contributed by atoms with E-state index in [9.17, 15) is 5.11 Å². The van der Waals surface area contributed by atoms with Gasteiger partial charge >= 0.3 is 0 Å². The summed E-state index contributed by atoms with van der Waals surface area (Å²) in [6.45, 7) is 7.13. The van der Waals surface area contributed by atoms with Gasteiger partial charge in [0.2, 0.25) is 0 Å². The third-order valence-electron chi connectivity index (χ3n) is 6.45. The summed E-state index contributed by atoms with van der Waals surface area (Å²) in [5.74, 6) is 2.01. The average molecular weight is 418 g/mol. The van der Waals surface area contributed by atoms with Crippen LogP contribution in [0.1, 0.15) is 22.3 Å². The number of phenolic OH excluding ortho intramolecular Hbond substituents is 1. The zero-order valence-electron chi connectivity index (χ0n) is 17.9. The minimum atomic E-state index is 0.317. The van der Waals surface area contributed by atoms with Crippen molar-refractivity contribution in [3.63, 3.8) is 0 Å². The van der Waals surface area contributed by atoms with Crippen LogP contribution < -0.4 is 20.1 Å². The predicted octanol–water partition coefficient (Wildman–Crippen LogP) is 5.16. The van der Waals surface area contributed by atoms with E-state index in [1.54, 1.807) is 6.07 Å². The van der Waals surface area contributed by atoms with E-state index in [1.807, 2.05) is 24.3 Å². The Hall–Kier alpha value is -3.98. The first-order valence-electron chi connectivity index (χ1n) is 10.9. The quantitative estimate of drug-likeness (QED) is 0.431. The fraction of sp³-hybridized carbons (Fsp3) is 0.103. The van der Waals surface area contributed by atoms with Gasteiger partial charge in [-0.25, -0.2) is 0 Å². The molecule has 3 heteroatoms. The second-order valence-corrected chi connectivity index (χ2v) is 8.52. The molecule has 6 rings (SSSR count). The molecular weight excluding hydrogens is 394 g/mol. The van der Waals surface area contributed by atoms with E-state index in [-0.39, 0.29) is 0 Å². The van der Waals surface area contributed by atoms with Crippen molar-refractivity contribution in [1.82, 2.24) is 0 Å². The molecule has 2 aliphatic rings. The molecule has 0 atom stereocenters. The van der Waals surface area contributed by atoms with Crippen molar-refractivity contribution < 1.29 is 9.84 Å². The van der Waals surface area contributed by atoms with Crippen LogP contribution in [0.2, 0.25) is 0 Å². The van der Waals surface area contributed by atoms with Crippen molar-refractivity contribution in [3.05, 3.63) is 112 Å². The number of anilines is 2. The highest BCUT2D eigenvalue weighted by molar-refractivity contribution is 5.87. The summed E-state index contributed by atoms with van der Waals surface area (Å²) in [6.07, 6.45) is 0.913. The summed E-state index contributed by atoms with van der Waals surface area (Å²) in [6, 6.07) is 26.7. The van der Waals surface area contributed by atoms with E-state index in [2.05, 4.69) is 66.9 Å². The molecule has 0 saturated heterocycles. The summed E-state index contributed by atoms with van der Waals surface area (Å²) in [4.78, 5) is 2.29. The van der Waals surface area contributed by atoms with Crippen LogP contribution in [0.25, 0.3) is 12.2 Å². The average Bonchev–Trinajstić information content (AvgIpc) is 3.20. The zero-order chi connectivity index (χ0) is 21.8. The Morgan fingerprint density at radius 3 is 2.62 bits per heavy atom. The molecule has 0 saturated carbocycles.